The van der Waals surface area contributed by atoms with Crippen molar-refractivity contribution >= 4 is 28.2 Å². The molecule has 27 heavy (non-hydrogen) atoms. The molecule has 0 saturated carbocycles. The van der Waals surface area contributed by atoms with Gasteiger partial charge in [0, 0.05) is 23.1 Å². The Morgan fingerprint density at radius 2 is 1.59 bits per heavy atom. The summed E-state index contributed by atoms with van der Waals surface area (Å²) >= 11 is 0. The van der Waals surface area contributed by atoms with E-state index >= 15 is 0 Å². The fourth-order valence-corrected chi connectivity index (χ4v) is 2.90. The molecule has 4 rings (SSSR count). The molecule has 4 aromatic rings. The smallest absolute Gasteiger partial charge is 0.163 e. The topological polar surface area (TPSA) is 54.9 Å². The lowest BCUT2D eigenvalue weighted by Crippen LogP contribution is -2.01. The Morgan fingerprint density at radius 3 is 2.41 bits per heavy atom. The summed E-state index contributed by atoms with van der Waals surface area (Å²) in [6, 6.07) is 25.2. The minimum Gasteiger partial charge on any atom is -0.340 e. The summed E-state index contributed by atoms with van der Waals surface area (Å²) in [5.41, 5.74) is 3.51. The number of anilines is 2. The molecule has 0 bridgehead atoms. The Balaban J connectivity index is 1.45. The van der Waals surface area contributed by atoms with Gasteiger partial charge in [-0.3, -0.25) is 4.79 Å². The average molecular weight is 352 g/mol. The predicted molar refractivity (Wildman–Crippen MR) is 108 cm³/mol. The minimum absolute atomic E-state index is 0.0953. The molecule has 0 aliphatic carbocycles. The maximum atomic E-state index is 12.4. The number of para-hydroxylation sites is 1. The molecule has 0 atom stereocenters. The van der Waals surface area contributed by atoms with E-state index in [-0.39, 0.29) is 5.78 Å². The Kier molecular flexibility index (Phi) is 4.88. The summed E-state index contributed by atoms with van der Waals surface area (Å²) in [5.74, 6) is 0.843. The Bertz CT molecular complexity index is 1050. The molecule has 1 aromatic heterocycles. The van der Waals surface area contributed by atoms with Gasteiger partial charge < -0.3 is 5.32 Å². The number of hydrogen-bond acceptors (Lipinski definition) is 4. The number of ketones is 1. The van der Waals surface area contributed by atoms with Crippen molar-refractivity contribution in [2.24, 2.45) is 0 Å². The van der Waals surface area contributed by atoms with Gasteiger partial charge in [0.25, 0.3) is 0 Å². The molecule has 4 nitrogen and oxygen atoms in total. The zero-order chi connectivity index (χ0) is 18.5. The van der Waals surface area contributed by atoms with Crippen molar-refractivity contribution in [3.8, 4) is 0 Å². The number of nitrogens with zero attached hydrogens (tertiary/aromatic N) is 2. The molecule has 0 unspecified atom stereocenters. The molecule has 3 aromatic carbocycles. The summed E-state index contributed by atoms with van der Waals surface area (Å²) in [6.45, 7) is 0. The molecule has 0 spiro atoms. The van der Waals surface area contributed by atoms with E-state index in [2.05, 4.69) is 15.3 Å². The highest BCUT2D eigenvalue weighted by Crippen LogP contribution is 2.23. The largest absolute Gasteiger partial charge is 0.340 e. The first kappa shape index (κ1) is 16.9. The van der Waals surface area contributed by atoms with Gasteiger partial charge in [-0.25, -0.2) is 9.97 Å². The first-order valence-electron chi connectivity index (χ1n) is 8.78. The number of hydrogen-bond donors (Lipinski definition) is 1. The van der Waals surface area contributed by atoms with Gasteiger partial charge in [-0.15, -0.1) is 0 Å². The fourth-order valence-electron chi connectivity index (χ4n) is 2.90. The van der Waals surface area contributed by atoms with Gasteiger partial charge in [0.15, 0.2) is 5.78 Å². The lowest BCUT2D eigenvalue weighted by Gasteiger charge is -2.09. The lowest BCUT2D eigenvalue weighted by molar-refractivity contribution is 0.0992. The SMILES string of the molecule is O=C(C[CH]c1ccccc1)c1ccc(Nc2ncnc3ccccc23)cc1. The number of benzene rings is 3. The standard InChI is InChI=1S/C23H18N3O/c27-22(15-10-17-6-2-1-3-7-17)18-11-13-19(14-12-18)26-23-20-8-4-5-9-21(20)24-16-25-23/h1-14,16H,15H2,(H,24,25,26). The Morgan fingerprint density at radius 1 is 0.852 bits per heavy atom. The molecule has 0 aliphatic heterocycles. The van der Waals surface area contributed by atoms with Crippen molar-refractivity contribution in [2.75, 3.05) is 5.32 Å². The van der Waals surface area contributed by atoms with E-state index in [1.807, 2.05) is 85.3 Å². The van der Waals surface area contributed by atoms with E-state index in [1.54, 1.807) is 6.33 Å². The number of carbonyl (C=O) groups excluding carboxylic acids is 1. The van der Waals surface area contributed by atoms with Crippen LogP contribution in [0.25, 0.3) is 10.9 Å². The first-order valence-corrected chi connectivity index (χ1v) is 8.78. The second-order valence-corrected chi connectivity index (χ2v) is 6.18. The summed E-state index contributed by atoms with van der Waals surface area (Å²) in [7, 11) is 0. The van der Waals surface area contributed by atoms with Crippen LogP contribution in [-0.4, -0.2) is 15.8 Å². The molecule has 0 saturated heterocycles. The van der Waals surface area contributed by atoms with Crippen LogP contribution in [-0.2, 0) is 0 Å². The van der Waals surface area contributed by atoms with Crippen molar-refractivity contribution in [3.63, 3.8) is 0 Å². The lowest BCUT2D eigenvalue weighted by atomic mass is 10.0. The van der Waals surface area contributed by atoms with Crippen LogP contribution in [0.3, 0.4) is 0 Å². The maximum Gasteiger partial charge on any atom is 0.163 e. The van der Waals surface area contributed by atoms with Gasteiger partial charge in [-0.2, -0.15) is 0 Å². The molecule has 4 heteroatoms. The van der Waals surface area contributed by atoms with Crippen LogP contribution in [0.15, 0.2) is 85.2 Å². The number of Topliss-reactive ketones (excluding diaryl/α,β-unsaturated/α-hetero) is 1. The van der Waals surface area contributed by atoms with Crippen molar-refractivity contribution in [2.45, 2.75) is 6.42 Å². The molecule has 0 fully saturated rings. The number of aromatic nitrogens is 2. The van der Waals surface area contributed by atoms with Crippen molar-refractivity contribution in [1.29, 1.82) is 0 Å². The van der Waals surface area contributed by atoms with Crippen LogP contribution in [0.4, 0.5) is 11.5 Å². The molecule has 1 N–H and O–H groups in total. The van der Waals surface area contributed by atoms with Gasteiger partial charge in [0.05, 0.1) is 5.52 Å². The van der Waals surface area contributed by atoms with E-state index in [0.717, 1.165) is 28.0 Å². The summed E-state index contributed by atoms with van der Waals surface area (Å²) < 4.78 is 0. The zero-order valence-corrected chi connectivity index (χ0v) is 14.7. The van der Waals surface area contributed by atoms with Crippen molar-refractivity contribution in [3.05, 3.63) is 103 Å². The first-order chi connectivity index (χ1) is 13.3. The third-order valence-electron chi connectivity index (χ3n) is 4.34. The van der Waals surface area contributed by atoms with Crippen molar-refractivity contribution < 1.29 is 4.79 Å². The molecule has 131 valence electrons. The molecule has 1 radical (unpaired) electrons. The van der Waals surface area contributed by atoms with Crippen LogP contribution >= 0.6 is 0 Å². The third kappa shape index (κ3) is 4.01. The molecule has 0 amide bonds. The van der Waals surface area contributed by atoms with E-state index in [1.165, 1.54) is 0 Å². The van der Waals surface area contributed by atoms with Crippen LogP contribution in [0.2, 0.25) is 0 Å². The normalized spacial score (nSPS) is 10.7. The fraction of sp³-hybridized carbons (Fsp3) is 0.0435. The van der Waals surface area contributed by atoms with Crippen LogP contribution in [0, 0.1) is 6.42 Å². The number of carbonyl (C=O) groups is 1. The number of fused-ring (bicyclic) bond motifs is 1. The highest BCUT2D eigenvalue weighted by atomic mass is 16.1. The van der Waals surface area contributed by atoms with Gasteiger partial charge in [0.2, 0.25) is 0 Å². The van der Waals surface area contributed by atoms with Gasteiger partial charge in [-0.1, -0.05) is 42.5 Å². The zero-order valence-electron chi connectivity index (χ0n) is 14.7. The number of rotatable bonds is 6. The highest BCUT2D eigenvalue weighted by Gasteiger charge is 2.08. The third-order valence-corrected chi connectivity index (χ3v) is 4.34. The Labute approximate surface area is 157 Å². The number of nitrogens with one attached hydrogen (secondary N) is 1. The maximum absolute atomic E-state index is 12.4. The molecular weight excluding hydrogens is 334 g/mol. The molecular formula is C23H18N3O. The molecule has 1 heterocycles. The van der Waals surface area contributed by atoms with Crippen LogP contribution < -0.4 is 5.32 Å². The van der Waals surface area contributed by atoms with Gasteiger partial charge in [0.1, 0.15) is 12.1 Å². The summed E-state index contributed by atoms with van der Waals surface area (Å²) in [6.07, 6.45) is 3.87. The summed E-state index contributed by atoms with van der Waals surface area (Å²) in [5, 5.41) is 4.26. The van der Waals surface area contributed by atoms with Crippen molar-refractivity contribution in [1.82, 2.24) is 9.97 Å². The highest BCUT2D eigenvalue weighted by molar-refractivity contribution is 5.97. The predicted octanol–water partition coefficient (Wildman–Crippen LogP) is 5.20. The van der Waals surface area contributed by atoms with Gasteiger partial charge in [-0.05, 0) is 48.4 Å². The van der Waals surface area contributed by atoms with E-state index < -0.39 is 0 Å². The second-order valence-electron chi connectivity index (χ2n) is 6.18. The summed E-state index contributed by atoms with van der Waals surface area (Å²) in [4.78, 5) is 21.0. The van der Waals surface area contributed by atoms with Crippen LogP contribution in [0.5, 0.6) is 0 Å². The average Bonchev–Trinajstić information content (AvgIpc) is 2.74. The monoisotopic (exact) mass is 352 g/mol. The van der Waals surface area contributed by atoms with E-state index in [0.29, 0.717) is 12.0 Å². The second kappa shape index (κ2) is 7.79. The minimum atomic E-state index is 0.0953. The quantitative estimate of drug-likeness (QED) is 0.485. The Hall–Kier alpha value is -3.53. The van der Waals surface area contributed by atoms with E-state index in [9.17, 15) is 4.79 Å². The van der Waals surface area contributed by atoms with E-state index in [4.69, 9.17) is 0 Å². The molecule has 0 aliphatic rings. The van der Waals surface area contributed by atoms with Gasteiger partial charge >= 0.3 is 0 Å². The van der Waals surface area contributed by atoms with Crippen LogP contribution in [0.1, 0.15) is 22.3 Å².